The molecule has 1 aromatic heterocycles. The number of aromatic nitrogens is 1. The highest BCUT2D eigenvalue weighted by molar-refractivity contribution is 6.19. The number of hydrogen-bond acceptors (Lipinski definition) is 1. The Balaban J connectivity index is 1.28. The van der Waals surface area contributed by atoms with Crippen molar-refractivity contribution in [3.05, 3.63) is 182 Å². The van der Waals surface area contributed by atoms with Crippen molar-refractivity contribution in [1.29, 1.82) is 0 Å². The van der Waals surface area contributed by atoms with Crippen LogP contribution in [0.4, 0.5) is 17.1 Å². The Morgan fingerprint density at radius 1 is 0.348 bits per heavy atom. The van der Waals surface area contributed by atoms with Crippen molar-refractivity contribution in [2.24, 2.45) is 0 Å². The van der Waals surface area contributed by atoms with Gasteiger partial charge in [0.05, 0.1) is 11.0 Å². The summed E-state index contributed by atoms with van der Waals surface area (Å²) in [7, 11) is 0. The first-order valence-electron chi connectivity index (χ1n) is 15.8. The zero-order valence-corrected chi connectivity index (χ0v) is 25.2. The predicted octanol–water partition coefficient (Wildman–Crippen LogP) is 12.2. The van der Waals surface area contributed by atoms with E-state index in [0.717, 1.165) is 17.1 Å². The summed E-state index contributed by atoms with van der Waals surface area (Å²) in [6.07, 6.45) is 0. The number of fused-ring (bicyclic) bond motifs is 6. The van der Waals surface area contributed by atoms with Crippen LogP contribution in [-0.4, -0.2) is 4.57 Å². The topological polar surface area (TPSA) is 8.17 Å². The number of para-hydroxylation sites is 2. The second kappa shape index (κ2) is 10.8. The first-order chi connectivity index (χ1) is 22.8. The minimum atomic E-state index is 1.12. The summed E-state index contributed by atoms with van der Waals surface area (Å²) in [4.78, 5) is 2.36. The van der Waals surface area contributed by atoms with Gasteiger partial charge in [0.25, 0.3) is 0 Å². The van der Waals surface area contributed by atoms with Crippen LogP contribution in [0.15, 0.2) is 182 Å². The Hall–Kier alpha value is -6.12. The maximum atomic E-state index is 2.45. The average molecular weight is 587 g/mol. The maximum absolute atomic E-state index is 2.45. The summed E-state index contributed by atoms with van der Waals surface area (Å²) in [6, 6.07) is 65.7. The van der Waals surface area contributed by atoms with E-state index < -0.39 is 0 Å². The molecule has 0 fully saturated rings. The molecule has 0 spiro atoms. The van der Waals surface area contributed by atoms with Gasteiger partial charge in [0.2, 0.25) is 0 Å². The summed E-state index contributed by atoms with van der Waals surface area (Å²) in [5.74, 6) is 0. The highest BCUT2D eigenvalue weighted by Crippen LogP contribution is 2.41. The fourth-order valence-corrected chi connectivity index (χ4v) is 6.95. The number of anilines is 3. The Morgan fingerprint density at radius 3 is 1.78 bits per heavy atom. The molecule has 0 aliphatic rings. The van der Waals surface area contributed by atoms with Gasteiger partial charge >= 0.3 is 0 Å². The van der Waals surface area contributed by atoms with Crippen LogP contribution in [0, 0.1) is 0 Å². The van der Waals surface area contributed by atoms with Crippen LogP contribution in [-0.2, 0) is 0 Å². The first kappa shape index (κ1) is 26.3. The molecular formula is C44H30N2. The minimum Gasteiger partial charge on any atom is -0.310 e. The van der Waals surface area contributed by atoms with E-state index in [0.29, 0.717) is 0 Å². The molecule has 0 N–H and O–H groups in total. The van der Waals surface area contributed by atoms with E-state index in [4.69, 9.17) is 0 Å². The van der Waals surface area contributed by atoms with Crippen molar-refractivity contribution < 1.29 is 0 Å². The van der Waals surface area contributed by atoms with Crippen molar-refractivity contribution in [1.82, 2.24) is 4.57 Å². The molecular weight excluding hydrogens is 556 g/mol. The van der Waals surface area contributed by atoms with E-state index in [-0.39, 0.29) is 0 Å². The van der Waals surface area contributed by atoms with E-state index in [2.05, 4.69) is 191 Å². The van der Waals surface area contributed by atoms with Gasteiger partial charge in [-0.05, 0) is 81.9 Å². The third-order valence-electron chi connectivity index (χ3n) is 9.13. The molecule has 0 bridgehead atoms. The van der Waals surface area contributed by atoms with E-state index in [1.165, 1.54) is 60.2 Å². The average Bonchev–Trinajstić information content (AvgIpc) is 3.48. The zero-order chi connectivity index (χ0) is 30.5. The molecule has 1 heterocycles. The Morgan fingerprint density at radius 2 is 0.957 bits per heavy atom. The molecule has 2 heteroatoms. The molecule has 2 nitrogen and oxygen atoms in total. The number of rotatable bonds is 5. The van der Waals surface area contributed by atoms with Gasteiger partial charge in [-0.1, -0.05) is 127 Å². The van der Waals surface area contributed by atoms with E-state index in [1.807, 2.05) is 0 Å². The van der Waals surface area contributed by atoms with E-state index in [9.17, 15) is 0 Å². The molecule has 0 radical (unpaired) electrons. The largest absolute Gasteiger partial charge is 0.310 e. The lowest BCUT2D eigenvalue weighted by Crippen LogP contribution is -2.09. The third kappa shape index (κ3) is 4.35. The molecule has 0 amide bonds. The van der Waals surface area contributed by atoms with Gasteiger partial charge in [-0.2, -0.15) is 0 Å². The highest BCUT2D eigenvalue weighted by Gasteiger charge is 2.18. The standard InChI is InChI=1S/C44H30N2/c1-3-11-31(12-4-1)33-19-24-37(25-20-33)45(36-15-5-2-6-16-36)39-27-22-34-23-28-41-40-17-9-10-18-43(40)46(44(41)42(34)30-39)38-26-21-32-13-7-8-14-35(32)29-38/h1-30H. The summed E-state index contributed by atoms with van der Waals surface area (Å²) in [5, 5.41) is 7.44. The Labute approximate surface area is 268 Å². The van der Waals surface area contributed by atoms with Crippen LogP contribution in [0.5, 0.6) is 0 Å². The molecule has 0 atom stereocenters. The first-order valence-corrected chi connectivity index (χ1v) is 15.8. The van der Waals surface area contributed by atoms with Crippen LogP contribution in [0.3, 0.4) is 0 Å². The second-order valence-corrected chi connectivity index (χ2v) is 11.8. The minimum absolute atomic E-state index is 1.12. The van der Waals surface area contributed by atoms with Gasteiger partial charge < -0.3 is 9.47 Å². The van der Waals surface area contributed by atoms with Crippen LogP contribution in [0.25, 0.3) is 60.2 Å². The third-order valence-corrected chi connectivity index (χ3v) is 9.13. The number of nitrogens with zero attached hydrogens (tertiary/aromatic N) is 2. The highest BCUT2D eigenvalue weighted by atomic mass is 15.1. The molecule has 0 saturated heterocycles. The molecule has 46 heavy (non-hydrogen) atoms. The van der Waals surface area contributed by atoms with Gasteiger partial charge in [-0.25, -0.2) is 0 Å². The normalized spacial score (nSPS) is 11.5. The molecule has 0 aliphatic carbocycles. The molecule has 9 aromatic rings. The van der Waals surface area contributed by atoms with Crippen molar-refractivity contribution in [3.63, 3.8) is 0 Å². The monoisotopic (exact) mass is 586 g/mol. The summed E-state index contributed by atoms with van der Waals surface area (Å²) < 4.78 is 2.45. The van der Waals surface area contributed by atoms with E-state index in [1.54, 1.807) is 0 Å². The van der Waals surface area contributed by atoms with Crippen molar-refractivity contribution in [2.75, 3.05) is 4.90 Å². The second-order valence-electron chi connectivity index (χ2n) is 11.8. The summed E-state index contributed by atoms with van der Waals surface area (Å²) in [5.41, 5.74) is 9.38. The maximum Gasteiger partial charge on any atom is 0.0620 e. The van der Waals surface area contributed by atoms with Gasteiger partial charge in [-0.3, -0.25) is 0 Å². The molecule has 8 aromatic carbocycles. The van der Waals surface area contributed by atoms with Gasteiger partial charge in [-0.15, -0.1) is 0 Å². The fourth-order valence-electron chi connectivity index (χ4n) is 6.95. The van der Waals surface area contributed by atoms with E-state index >= 15 is 0 Å². The van der Waals surface area contributed by atoms with Crippen molar-refractivity contribution in [2.45, 2.75) is 0 Å². The predicted molar refractivity (Wildman–Crippen MR) is 196 cm³/mol. The Bertz CT molecular complexity index is 2510. The lowest BCUT2D eigenvalue weighted by atomic mass is 10.0. The summed E-state index contributed by atoms with van der Waals surface area (Å²) >= 11 is 0. The number of benzene rings is 8. The zero-order valence-electron chi connectivity index (χ0n) is 25.2. The van der Waals surface area contributed by atoms with Crippen LogP contribution in [0.2, 0.25) is 0 Å². The van der Waals surface area contributed by atoms with Gasteiger partial charge in [0.15, 0.2) is 0 Å². The SMILES string of the molecule is c1ccc(-c2ccc(N(c3ccccc3)c3ccc4ccc5c6ccccc6n(-c6ccc7ccccc7c6)c5c4c3)cc2)cc1. The molecule has 216 valence electrons. The Kier molecular flexibility index (Phi) is 6.17. The quantitative estimate of drug-likeness (QED) is 0.195. The van der Waals surface area contributed by atoms with Crippen molar-refractivity contribution >= 4 is 60.4 Å². The van der Waals surface area contributed by atoms with Crippen molar-refractivity contribution in [3.8, 4) is 16.8 Å². The fraction of sp³-hybridized carbons (Fsp3) is 0. The van der Waals surface area contributed by atoms with Crippen LogP contribution >= 0.6 is 0 Å². The van der Waals surface area contributed by atoms with Crippen LogP contribution < -0.4 is 4.90 Å². The lowest BCUT2D eigenvalue weighted by molar-refractivity contribution is 1.19. The summed E-state index contributed by atoms with van der Waals surface area (Å²) in [6.45, 7) is 0. The van der Waals surface area contributed by atoms with Gasteiger partial charge in [0, 0.05) is 38.9 Å². The molecule has 0 unspecified atom stereocenters. The van der Waals surface area contributed by atoms with Crippen LogP contribution in [0.1, 0.15) is 0 Å². The molecule has 0 saturated carbocycles. The van der Waals surface area contributed by atoms with Gasteiger partial charge in [0.1, 0.15) is 0 Å². The smallest absolute Gasteiger partial charge is 0.0620 e. The molecule has 9 rings (SSSR count). The lowest BCUT2D eigenvalue weighted by Gasteiger charge is -2.26. The number of hydrogen-bond donors (Lipinski definition) is 0. The molecule has 0 aliphatic heterocycles.